The second-order valence-corrected chi connectivity index (χ2v) is 5.46. The lowest BCUT2D eigenvalue weighted by molar-refractivity contribution is -0.120. The molecule has 7 nitrogen and oxygen atoms in total. The third kappa shape index (κ3) is 11.1. The fourth-order valence-electron chi connectivity index (χ4n) is 1.91. The summed E-state index contributed by atoms with van der Waals surface area (Å²) in [5.74, 6) is 0.135. The van der Waals surface area contributed by atoms with Crippen LogP contribution < -0.4 is 20.7 Å². The van der Waals surface area contributed by atoms with Crippen molar-refractivity contribution in [3.8, 4) is 5.75 Å². The molecule has 0 unspecified atom stereocenters. The lowest BCUT2D eigenvalue weighted by Gasteiger charge is -2.13. The lowest BCUT2D eigenvalue weighted by Crippen LogP contribution is -2.43. The molecule has 0 heterocycles. The Morgan fingerprint density at radius 1 is 1.30 bits per heavy atom. The Labute approximate surface area is 179 Å². The minimum Gasteiger partial charge on any atom is -0.434 e. The summed E-state index contributed by atoms with van der Waals surface area (Å²) >= 11 is 5.91. The van der Waals surface area contributed by atoms with Gasteiger partial charge in [-0.2, -0.15) is 8.78 Å². The summed E-state index contributed by atoms with van der Waals surface area (Å²) in [6, 6.07) is 4.33. The molecule has 0 atom stereocenters. The van der Waals surface area contributed by atoms with Crippen molar-refractivity contribution in [3.05, 3.63) is 28.8 Å². The highest BCUT2D eigenvalue weighted by molar-refractivity contribution is 14.0. The van der Waals surface area contributed by atoms with Gasteiger partial charge in [0.1, 0.15) is 5.75 Å². The molecule has 0 saturated carbocycles. The number of methoxy groups -OCH3 is 1. The SMILES string of the molecule is CCNC(=NCc1cc(Cl)ccc1OC(F)F)NCC(=O)NCCOC.I. The Hall–Kier alpha value is -1.40. The number of rotatable bonds is 10. The zero-order valence-corrected chi connectivity index (χ0v) is 18.1. The number of guanidine groups is 1. The lowest BCUT2D eigenvalue weighted by atomic mass is 10.2. The number of hydrogen-bond donors (Lipinski definition) is 3. The number of nitrogens with one attached hydrogen (secondary N) is 3. The molecule has 0 fully saturated rings. The molecule has 0 spiro atoms. The number of halogens is 4. The van der Waals surface area contributed by atoms with Gasteiger partial charge in [0.05, 0.1) is 19.7 Å². The summed E-state index contributed by atoms with van der Waals surface area (Å²) in [5, 5.41) is 8.86. The largest absolute Gasteiger partial charge is 0.434 e. The normalized spacial score (nSPS) is 11.0. The van der Waals surface area contributed by atoms with Crippen molar-refractivity contribution in [1.29, 1.82) is 0 Å². The first-order valence-corrected chi connectivity index (χ1v) is 8.35. The molecule has 0 aliphatic carbocycles. The molecule has 1 aromatic rings. The molecule has 3 N–H and O–H groups in total. The van der Waals surface area contributed by atoms with Crippen molar-refractivity contribution in [2.24, 2.45) is 4.99 Å². The third-order valence-corrected chi connectivity index (χ3v) is 3.27. The molecular formula is C16H24ClF2IN4O3. The summed E-state index contributed by atoms with van der Waals surface area (Å²) in [6.45, 7) is 0.354. The van der Waals surface area contributed by atoms with Crippen LogP contribution in [-0.4, -0.2) is 51.8 Å². The molecule has 0 bridgehead atoms. The fourth-order valence-corrected chi connectivity index (χ4v) is 2.10. The van der Waals surface area contributed by atoms with E-state index >= 15 is 0 Å². The molecule has 0 saturated heterocycles. The maximum atomic E-state index is 12.5. The highest BCUT2D eigenvalue weighted by atomic mass is 127. The topological polar surface area (TPSA) is 84.0 Å². The van der Waals surface area contributed by atoms with Crippen LogP contribution in [0.15, 0.2) is 23.2 Å². The van der Waals surface area contributed by atoms with Crippen LogP contribution >= 0.6 is 35.6 Å². The van der Waals surface area contributed by atoms with Gasteiger partial charge in [0.15, 0.2) is 5.96 Å². The second kappa shape index (κ2) is 14.6. The van der Waals surface area contributed by atoms with E-state index in [9.17, 15) is 13.6 Å². The average Bonchev–Trinajstić information content (AvgIpc) is 2.59. The van der Waals surface area contributed by atoms with Gasteiger partial charge in [0.25, 0.3) is 0 Å². The van der Waals surface area contributed by atoms with Gasteiger partial charge in [-0.15, -0.1) is 24.0 Å². The quantitative estimate of drug-likeness (QED) is 0.191. The molecule has 1 rings (SSSR count). The first kappa shape index (κ1) is 25.6. The van der Waals surface area contributed by atoms with Crippen LogP contribution in [0.4, 0.5) is 8.78 Å². The number of hydrogen-bond acceptors (Lipinski definition) is 4. The molecule has 11 heteroatoms. The molecule has 154 valence electrons. The van der Waals surface area contributed by atoms with Crippen molar-refractivity contribution in [3.63, 3.8) is 0 Å². The van der Waals surface area contributed by atoms with Crippen molar-refractivity contribution >= 4 is 47.4 Å². The predicted octanol–water partition coefficient (Wildman–Crippen LogP) is 2.38. The van der Waals surface area contributed by atoms with Crippen LogP contribution in [0.1, 0.15) is 12.5 Å². The molecule has 27 heavy (non-hydrogen) atoms. The van der Waals surface area contributed by atoms with Gasteiger partial charge in [0.2, 0.25) is 5.91 Å². The average molecular weight is 521 g/mol. The standard InChI is InChI=1S/C16H23ClF2N4O3.HI/c1-3-20-16(23-10-14(24)21-6-7-25-2)22-9-11-8-12(17)4-5-13(11)26-15(18)19;/h4-5,8,15H,3,6-7,9-10H2,1-2H3,(H,21,24)(H2,20,22,23);1H. The number of amides is 1. The van der Waals surface area contributed by atoms with E-state index in [4.69, 9.17) is 16.3 Å². The summed E-state index contributed by atoms with van der Waals surface area (Å²) in [5.41, 5.74) is 0.402. The maximum Gasteiger partial charge on any atom is 0.387 e. The van der Waals surface area contributed by atoms with E-state index in [-0.39, 0.29) is 48.7 Å². The Balaban J connectivity index is 0.00000676. The number of benzene rings is 1. The van der Waals surface area contributed by atoms with E-state index in [0.29, 0.717) is 36.2 Å². The van der Waals surface area contributed by atoms with Gasteiger partial charge in [-0.25, -0.2) is 4.99 Å². The summed E-state index contributed by atoms with van der Waals surface area (Å²) in [6.07, 6.45) is 0. The van der Waals surface area contributed by atoms with Crippen LogP contribution in [0.3, 0.4) is 0 Å². The van der Waals surface area contributed by atoms with Crippen molar-refractivity contribution in [2.45, 2.75) is 20.1 Å². The monoisotopic (exact) mass is 520 g/mol. The molecule has 0 aliphatic heterocycles. The van der Waals surface area contributed by atoms with Crippen molar-refractivity contribution in [2.75, 3.05) is 33.4 Å². The Kier molecular flexibility index (Phi) is 13.9. The van der Waals surface area contributed by atoms with E-state index in [0.717, 1.165) is 0 Å². The van der Waals surface area contributed by atoms with Crippen LogP contribution in [0.2, 0.25) is 5.02 Å². The zero-order valence-electron chi connectivity index (χ0n) is 15.1. The molecule has 0 aromatic heterocycles. The number of carbonyl (C=O) groups is 1. The maximum absolute atomic E-state index is 12.5. The van der Waals surface area contributed by atoms with E-state index in [2.05, 4.69) is 25.7 Å². The van der Waals surface area contributed by atoms with E-state index in [1.165, 1.54) is 18.2 Å². The van der Waals surface area contributed by atoms with Crippen molar-refractivity contribution < 1.29 is 23.0 Å². The molecule has 0 radical (unpaired) electrons. The van der Waals surface area contributed by atoms with Crippen molar-refractivity contribution in [1.82, 2.24) is 16.0 Å². The molecular weight excluding hydrogens is 497 g/mol. The fraction of sp³-hybridized carbons (Fsp3) is 0.500. The van der Waals surface area contributed by atoms with Crippen LogP contribution in [0.5, 0.6) is 5.75 Å². The highest BCUT2D eigenvalue weighted by Gasteiger charge is 2.11. The van der Waals surface area contributed by atoms with Gasteiger partial charge in [-0.3, -0.25) is 4.79 Å². The molecule has 1 amide bonds. The Morgan fingerprint density at radius 2 is 2.04 bits per heavy atom. The zero-order chi connectivity index (χ0) is 19.4. The highest BCUT2D eigenvalue weighted by Crippen LogP contribution is 2.25. The Morgan fingerprint density at radius 3 is 2.67 bits per heavy atom. The van der Waals surface area contributed by atoms with E-state index in [1.54, 1.807) is 7.11 Å². The van der Waals surface area contributed by atoms with Gasteiger partial charge in [-0.1, -0.05) is 11.6 Å². The summed E-state index contributed by atoms with van der Waals surface area (Å²) in [4.78, 5) is 16.0. The van der Waals surface area contributed by atoms with Gasteiger partial charge >= 0.3 is 6.61 Å². The number of ether oxygens (including phenoxy) is 2. The van der Waals surface area contributed by atoms with Crippen LogP contribution in [-0.2, 0) is 16.1 Å². The van der Waals surface area contributed by atoms with Crippen LogP contribution in [0, 0.1) is 0 Å². The minimum absolute atomic E-state index is 0. The van der Waals surface area contributed by atoms with Crippen LogP contribution in [0.25, 0.3) is 0 Å². The summed E-state index contributed by atoms with van der Waals surface area (Å²) in [7, 11) is 1.54. The first-order valence-electron chi connectivity index (χ1n) is 7.97. The van der Waals surface area contributed by atoms with Gasteiger partial charge in [0, 0.05) is 30.8 Å². The number of alkyl halides is 2. The number of nitrogens with zero attached hydrogens (tertiary/aromatic N) is 1. The number of carbonyl (C=O) groups excluding carboxylic acids is 1. The van der Waals surface area contributed by atoms with E-state index < -0.39 is 6.61 Å². The minimum atomic E-state index is -2.94. The predicted molar refractivity (Wildman–Crippen MR) is 111 cm³/mol. The molecule has 0 aliphatic rings. The number of aliphatic imine (C=N–C) groups is 1. The Bertz CT molecular complexity index is 609. The third-order valence-electron chi connectivity index (χ3n) is 3.04. The molecule has 1 aromatic carbocycles. The van der Waals surface area contributed by atoms with Gasteiger partial charge in [-0.05, 0) is 25.1 Å². The smallest absolute Gasteiger partial charge is 0.387 e. The van der Waals surface area contributed by atoms with Gasteiger partial charge < -0.3 is 25.4 Å². The summed E-state index contributed by atoms with van der Waals surface area (Å²) < 4.78 is 34.3. The first-order chi connectivity index (χ1) is 12.5. The second-order valence-electron chi connectivity index (χ2n) is 5.02. The van der Waals surface area contributed by atoms with E-state index in [1.807, 2.05) is 6.92 Å².